The van der Waals surface area contributed by atoms with Gasteiger partial charge in [-0.1, -0.05) is 23.7 Å². The van der Waals surface area contributed by atoms with Crippen molar-refractivity contribution in [3.63, 3.8) is 0 Å². The van der Waals surface area contributed by atoms with E-state index in [1.807, 2.05) is 6.92 Å². The Bertz CT molecular complexity index is 729. The van der Waals surface area contributed by atoms with Crippen molar-refractivity contribution >= 4 is 27.3 Å². The molecule has 6 heteroatoms. The van der Waals surface area contributed by atoms with Crippen molar-refractivity contribution in [1.29, 1.82) is 0 Å². The topological polar surface area (TPSA) is 55.4 Å². The first-order valence-electron chi connectivity index (χ1n) is 5.85. The van der Waals surface area contributed by atoms with Crippen LogP contribution in [-0.2, 0) is 10.0 Å². The maximum absolute atomic E-state index is 12.3. The number of hydrogen-bond acceptors (Lipinski definition) is 3. The lowest BCUT2D eigenvalue weighted by Crippen LogP contribution is -2.13. The van der Waals surface area contributed by atoms with Gasteiger partial charge < -0.3 is 4.74 Å². The van der Waals surface area contributed by atoms with E-state index in [1.54, 1.807) is 36.4 Å². The average molecular weight is 312 g/mol. The highest BCUT2D eigenvalue weighted by atomic mass is 35.5. The first-order valence-corrected chi connectivity index (χ1v) is 7.71. The highest BCUT2D eigenvalue weighted by Gasteiger charge is 2.18. The van der Waals surface area contributed by atoms with E-state index in [1.165, 1.54) is 13.2 Å². The largest absolute Gasteiger partial charge is 0.497 e. The van der Waals surface area contributed by atoms with Crippen LogP contribution >= 0.6 is 11.6 Å². The molecule has 1 N–H and O–H groups in total. The molecule has 0 bridgehead atoms. The number of rotatable bonds is 4. The molecule has 0 fully saturated rings. The molecule has 0 aliphatic heterocycles. The number of sulfonamides is 1. The summed E-state index contributed by atoms with van der Waals surface area (Å²) in [6.07, 6.45) is 0. The SMILES string of the molecule is COc1cccc(NS(=O)(=O)c2ccc(C)cc2Cl)c1. The lowest BCUT2D eigenvalue weighted by Gasteiger charge is -2.10. The number of methoxy groups -OCH3 is 1. The number of nitrogens with one attached hydrogen (secondary N) is 1. The zero-order valence-corrected chi connectivity index (χ0v) is 12.6. The maximum Gasteiger partial charge on any atom is 0.263 e. The predicted molar refractivity (Wildman–Crippen MR) is 80.0 cm³/mol. The molecule has 2 aromatic rings. The van der Waals surface area contributed by atoms with E-state index >= 15 is 0 Å². The lowest BCUT2D eigenvalue weighted by molar-refractivity contribution is 0.415. The van der Waals surface area contributed by atoms with Crippen molar-refractivity contribution in [2.45, 2.75) is 11.8 Å². The van der Waals surface area contributed by atoms with Crippen LogP contribution in [0.25, 0.3) is 0 Å². The maximum atomic E-state index is 12.3. The molecule has 0 spiro atoms. The number of anilines is 1. The highest BCUT2D eigenvalue weighted by Crippen LogP contribution is 2.26. The summed E-state index contributed by atoms with van der Waals surface area (Å²) in [6.45, 7) is 1.85. The van der Waals surface area contributed by atoms with Crippen molar-refractivity contribution in [2.24, 2.45) is 0 Å². The van der Waals surface area contributed by atoms with Crippen molar-refractivity contribution in [3.05, 3.63) is 53.1 Å². The molecule has 106 valence electrons. The summed E-state index contributed by atoms with van der Waals surface area (Å²) >= 11 is 5.99. The van der Waals surface area contributed by atoms with Gasteiger partial charge in [-0.3, -0.25) is 4.72 Å². The van der Waals surface area contributed by atoms with Gasteiger partial charge in [0.1, 0.15) is 10.6 Å². The number of halogens is 1. The summed E-state index contributed by atoms with van der Waals surface area (Å²) in [6, 6.07) is 11.5. The summed E-state index contributed by atoms with van der Waals surface area (Å²) in [5.41, 5.74) is 1.32. The van der Waals surface area contributed by atoms with Gasteiger partial charge in [0.15, 0.2) is 0 Å². The number of ether oxygens (including phenoxy) is 1. The van der Waals surface area contributed by atoms with E-state index in [2.05, 4.69) is 4.72 Å². The van der Waals surface area contributed by atoms with Crippen molar-refractivity contribution < 1.29 is 13.2 Å². The van der Waals surface area contributed by atoms with Crippen LogP contribution in [0.4, 0.5) is 5.69 Å². The first-order chi connectivity index (χ1) is 9.42. The minimum Gasteiger partial charge on any atom is -0.497 e. The predicted octanol–water partition coefficient (Wildman–Crippen LogP) is 3.46. The monoisotopic (exact) mass is 311 g/mol. The third-order valence-corrected chi connectivity index (χ3v) is 4.56. The summed E-state index contributed by atoms with van der Waals surface area (Å²) in [5, 5.41) is 0.195. The van der Waals surface area contributed by atoms with Gasteiger partial charge in [0.05, 0.1) is 17.8 Å². The number of aryl methyl sites for hydroxylation is 1. The van der Waals surface area contributed by atoms with Crippen LogP contribution in [0.15, 0.2) is 47.4 Å². The minimum atomic E-state index is -3.72. The Hall–Kier alpha value is -1.72. The van der Waals surface area contributed by atoms with E-state index in [9.17, 15) is 8.42 Å². The van der Waals surface area contributed by atoms with Crippen LogP contribution in [0, 0.1) is 6.92 Å². The molecule has 0 amide bonds. The van der Waals surface area contributed by atoms with E-state index in [4.69, 9.17) is 16.3 Å². The zero-order chi connectivity index (χ0) is 14.8. The second-order valence-electron chi connectivity index (χ2n) is 4.27. The number of benzene rings is 2. The van der Waals surface area contributed by atoms with Crippen molar-refractivity contribution in [3.8, 4) is 5.75 Å². The van der Waals surface area contributed by atoms with E-state index in [-0.39, 0.29) is 9.92 Å². The normalized spacial score (nSPS) is 11.2. The van der Waals surface area contributed by atoms with Crippen LogP contribution in [0.1, 0.15) is 5.56 Å². The molecule has 0 saturated heterocycles. The smallest absolute Gasteiger partial charge is 0.263 e. The Morgan fingerprint density at radius 1 is 1.15 bits per heavy atom. The zero-order valence-electron chi connectivity index (χ0n) is 11.1. The summed E-state index contributed by atoms with van der Waals surface area (Å²) in [7, 11) is -2.20. The Morgan fingerprint density at radius 3 is 2.55 bits per heavy atom. The summed E-state index contributed by atoms with van der Waals surface area (Å²) in [5.74, 6) is 0.570. The fourth-order valence-corrected chi connectivity index (χ4v) is 3.37. The molecular formula is C14H14ClNO3S. The molecule has 0 radical (unpaired) electrons. The second-order valence-corrected chi connectivity index (χ2v) is 6.33. The van der Waals surface area contributed by atoms with Gasteiger partial charge in [-0.15, -0.1) is 0 Å². The van der Waals surface area contributed by atoms with Crippen LogP contribution in [-0.4, -0.2) is 15.5 Å². The Morgan fingerprint density at radius 2 is 1.90 bits per heavy atom. The van der Waals surface area contributed by atoms with E-state index in [0.29, 0.717) is 11.4 Å². The molecule has 2 aromatic carbocycles. The van der Waals surface area contributed by atoms with Crippen molar-refractivity contribution in [2.75, 3.05) is 11.8 Å². The lowest BCUT2D eigenvalue weighted by atomic mass is 10.2. The molecule has 0 unspecified atom stereocenters. The number of hydrogen-bond donors (Lipinski definition) is 1. The van der Waals surface area contributed by atoms with Gasteiger partial charge in [-0.2, -0.15) is 0 Å². The van der Waals surface area contributed by atoms with Gasteiger partial charge in [-0.25, -0.2) is 8.42 Å². The van der Waals surface area contributed by atoms with Gasteiger partial charge in [-0.05, 0) is 36.8 Å². The molecule has 0 aliphatic carbocycles. The standard InChI is InChI=1S/C14H14ClNO3S/c1-10-6-7-14(13(15)8-10)20(17,18)16-11-4-3-5-12(9-11)19-2/h3-9,16H,1-2H3. The van der Waals surface area contributed by atoms with Gasteiger partial charge in [0, 0.05) is 6.07 Å². The van der Waals surface area contributed by atoms with E-state index in [0.717, 1.165) is 5.56 Å². The average Bonchev–Trinajstić information content (AvgIpc) is 2.37. The second kappa shape index (κ2) is 5.73. The Balaban J connectivity index is 2.35. The van der Waals surface area contributed by atoms with E-state index < -0.39 is 10.0 Å². The first kappa shape index (κ1) is 14.7. The Kier molecular flexibility index (Phi) is 4.20. The molecular weight excluding hydrogens is 298 g/mol. The molecule has 20 heavy (non-hydrogen) atoms. The van der Waals surface area contributed by atoms with Crippen LogP contribution < -0.4 is 9.46 Å². The minimum absolute atomic E-state index is 0.0487. The molecule has 0 saturated carbocycles. The fourth-order valence-electron chi connectivity index (χ4n) is 1.72. The molecule has 0 aliphatic rings. The van der Waals surface area contributed by atoms with Crippen LogP contribution in [0.2, 0.25) is 5.02 Å². The summed E-state index contributed by atoms with van der Waals surface area (Å²) < 4.78 is 32.1. The van der Waals surface area contributed by atoms with Crippen LogP contribution in [0.5, 0.6) is 5.75 Å². The summed E-state index contributed by atoms with van der Waals surface area (Å²) in [4.78, 5) is 0.0487. The van der Waals surface area contributed by atoms with Gasteiger partial charge in [0.2, 0.25) is 0 Å². The molecule has 0 heterocycles. The fraction of sp³-hybridized carbons (Fsp3) is 0.143. The van der Waals surface area contributed by atoms with Crippen LogP contribution in [0.3, 0.4) is 0 Å². The third kappa shape index (κ3) is 3.23. The quantitative estimate of drug-likeness (QED) is 0.940. The molecule has 2 rings (SSSR count). The Labute approximate surface area is 123 Å². The third-order valence-electron chi connectivity index (χ3n) is 2.70. The van der Waals surface area contributed by atoms with Gasteiger partial charge in [0.25, 0.3) is 10.0 Å². The van der Waals surface area contributed by atoms with Gasteiger partial charge >= 0.3 is 0 Å². The molecule has 0 aromatic heterocycles. The highest BCUT2D eigenvalue weighted by molar-refractivity contribution is 7.92. The molecule has 4 nitrogen and oxygen atoms in total. The molecule has 0 atom stereocenters. The van der Waals surface area contributed by atoms with Crippen molar-refractivity contribution in [1.82, 2.24) is 0 Å².